The number of piperazine rings is 1. The summed E-state index contributed by atoms with van der Waals surface area (Å²) in [5.41, 5.74) is -0.917. The smallest absolute Gasteiger partial charge is 0.407 e. The van der Waals surface area contributed by atoms with Crippen LogP contribution in [0.3, 0.4) is 0 Å². The summed E-state index contributed by atoms with van der Waals surface area (Å²) < 4.78 is 10.6. The molecular weight excluding hydrogens is 527 g/mol. The molecule has 0 bridgehead atoms. The molecule has 0 spiro atoms. The zero-order valence-corrected chi connectivity index (χ0v) is 25.4. The maximum atomic E-state index is 12.3. The molecular formula is C24H48N5O5Y-. The number of amides is 1. The molecule has 1 aliphatic heterocycles. The largest absolute Gasteiger partial charge is 0.660 e. The van der Waals surface area contributed by atoms with Gasteiger partial charge in [-0.2, -0.15) is 0 Å². The zero-order chi connectivity index (χ0) is 25.0. The van der Waals surface area contributed by atoms with Gasteiger partial charge in [0.05, 0.1) is 18.8 Å². The number of likely N-dealkylation sites (N-methyl/N-ethyl adjacent to an activating group) is 2. The van der Waals surface area contributed by atoms with Crippen LogP contribution in [0, 0.1) is 11.3 Å². The normalized spacial score (nSPS) is 26.1. The minimum Gasteiger partial charge on any atom is -0.660 e. The van der Waals surface area contributed by atoms with Crippen LogP contribution in [0.4, 0.5) is 4.79 Å². The Kier molecular flexibility index (Phi) is 15.9. The second-order valence-corrected chi connectivity index (χ2v) is 11.0. The Labute approximate surface area is 237 Å². The molecule has 203 valence electrons. The summed E-state index contributed by atoms with van der Waals surface area (Å²) in [6.45, 7) is 15.0. The van der Waals surface area contributed by atoms with E-state index in [1.807, 2.05) is 7.05 Å². The van der Waals surface area contributed by atoms with Gasteiger partial charge in [0.1, 0.15) is 6.61 Å². The van der Waals surface area contributed by atoms with E-state index in [0.29, 0.717) is 38.5 Å². The molecule has 11 heteroatoms. The predicted molar refractivity (Wildman–Crippen MR) is 133 cm³/mol. The summed E-state index contributed by atoms with van der Waals surface area (Å²) >= 11 is 0. The first-order valence-electron chi connectivity index (χ1n) is 12.7. The SMILES string of the molecule is CNCCOCCOC(=O)NC1CC(C)(C)CC(C[N-]CC(C)CN2CCN(C)CC2)(OO)C1.[Y]. The average Bonchev–Trinajstić information content (AvgIpc) is 2.76. The fourth-order valence-electron chi connectivity index (χ4n) is 5.22. The van der Waals surface area contributed by atoms with Crippen molar-refractivity contribution >= 4 is 6.09 Å². The van der Waals surface area contributed by atoms with Crippen LogP contribution < -0.4 is 10.6 Å². The third-order valence-corrected chi connectivity index (χ3v) is 6.70. The van der Waals surface area contributed by atoms with Crippen molar-refractivity contribution in [2.45, 2.75) is 51.7 Å². The second-order valence-electron chi connectivity index (χ2n) is 11.0. The van der Waals surface area contributed by atoms with E-state index >= 15 is 0 Å². The van der Waals surface area contributed by atoms with Crippen LogP contribution in [0.5, 0.6) is 0 Å². The van der Waals surface area contributed by atoms with E-state index in [1.165, 1.54) is 0 Å². The van der Waals surface area contributed by atoms with Crippen molar-refractivity contribution in [3.8, 4) is 0 Å². The molecule has 0 aromatic carbocycles. The van der Waals surface area contributed by atoms with Crippen molar-refractivity contribution in [2.24, 2.45) is 11.3 Å². The van der Waals surface area contributed by atoms with Gasteiger partial charge in [0.15, 0.2) is 0 Å². The van der Waals surface area contributed by atoms with E-state index in [4.69, 9.17) is 19.7 Å². The van der Waals surface area contributed by atoms with Crippen molar-refractivity contribution in [1.82, 2.24) is 20.4 Å². The second kappa shape index (κ2) is 16.8. The number of ether oxygens (including phenoxy) is 2. The topological polar surface area (TPSA) is 110 Å². The molecule has 2 aliphatic rings. The molecule has 2 fully saturated rings. The summed E-state index contributed by atoms with van der Waals surface area (Å²) in [6, 6.07) is -0.161. The van der Waals surface area contributed by atoms with Crippen molar-refractivity contribution < 1.29 is 57.1 Å². The molecule has 1 heterocycles. The van der Waals surface area contributed by atoms with E-state index in [9.17, 15) is 10.1 Å². The Bertz CT molecular complexity index is 595. The summed E-state index contributed by atoms with van der Waals surface area (Å²) in [4.78, 5) is 22.2. The van der Waals surface area contributed by atoms with Gasteiger partial charge in [-0.05, 0) is 45.3 Å². The number of nitrogens with one attached hydrogen (secondary N) is 2. The summed E-state index contributed by atoms with van der Waals surface area (Å²) in [5, 5.41) is 20.6. The van der Waals surface area contributed by atoms with Gasteiger partial charge < -0.3 is 35.2 Å². The fraction of sp³-hybridized carbons (Fsp3) is 0.958. The third kappa shape index (κ3) is 12.9. The Morgan fingerprint density at radius 1 is 1.17 bits per heavy atom. The number of carbonyl (C=O) groups is 1. The number of nitrogens with zero attached hydrogens (tertiary/aromatic N) is 3. The summed E-state index contributed by atoms with van der Waals surface area (Å²) in [5.74, 6) is 0.440. The van der Waals surface area contributed by atoms with Crippen LogP contribution in [-0.4, -0.2) is 119 Å². The maximum absolute atomic E-state index is 12.3. The third-order valence-electron chi connectivity index (χ3n) is 6.70. The number of hydrogen-bond donors (Lipinski definition) is 3. The first-order chi connectivity index (χ1) is 16.2. The van der Waals surface area contributed by atoms with Gasteiger partial charge >= 0.3 is 6.09 Å². The summed E-state index contributed by atoms with van der Waals surface area (Å²) in [6.07, 6.45) is 1.49. The zero-order valence-electron chi connectivity index (χ0n) is 22.6. The van der Waals surface area contributed by atoms with E-state index in [0.717, 1.165) is 52.2 Å². The molecule has 1 aliphatic carbocycles. The molecule has 1 saturated heterocycles. The standard InChI is InChI=1S/C24H48N5O5.Y/c1-20(17-29-9-7-28(5)8-10-29)16-26-19-24(34-31)15-21(14-23(2,3)18-24)27-22(30)33-13-12-32-11-6-25-4;/h20-21,25,31H,6-19H2,1-5H3,(H,27,30);/q-1;. The van der Waals surface area contributed by atoms with Crippen LogP contribution in [0.1, 0.15) is 40.0 Å². The Balaban J connectivity index is 0.00000612. The Hall–Kier alpha value is 0.0939. The fourth-order valence-corrected chi connectivity index (χ4v) is 5.22. The van der Waals surface area contributed by atoms with Crippen LogP contribution in [0.25, 0.3) is 5.32 Å². The first-order valence-corrected chi connectivity index (χ1v) is 12.7. The first kappa shape index (κ1) is 33.1. The molecule has 10 nitrogen and oxygen atoms in total. The molecule has 0 aromatic rings. The van der Waals surface area contributed by atoms with Crippen molar-refractivity contribution in [3.05, 3.63) is 5.32 Å². The molecule has 35 heavy (non-hydrogen) atoms. The molecule has 3 N–H and O–H groups in total. The van der Waals surface area contributed by atoms with Crippen molar-refractivity contribution in [1.29, 1.82) is 0 Å². The maximum Gasteiger partial charge on any atom is 0.407 e. The average molecular weight is 576 g/mol. The summed E-state index contributed by atoms with van der Waals surface area (Å²) in [7, 11) is 4.02. The number of hydrogen-bond acceptors (Lipinski definition) is 8. The molecule has 3 unspecified atom stereocenters. The molecule has 1 amide bonds. The predicted octanol–water partition coefficient (Wildman–Crippen LogP) is 2.01. The molecule has 1 saturated carbocycles. The Morgan fingerprint density at radius 2 is 1.89 bits per heavy atom. The van der Waals surface area contributed by atoms with Gasteiger partial charge in [-0.3, -0.25) is 5.26 Å². The van der Waals surface area contributed by atoms with Gasteiger partial charge in [0.2, 0.25) is 0 Å². The van der Waals surface area contributed by atoms with Crippen LogP contribution in [0.2, 0.25) is 0 Å². The monoisotopic (exact) mass is 575 g/mol. The quantitative estimate of drug-likeness (QED) is 0.164. The van der Waals surface area contributed by atoms with Gasteiger partial charge in [-0.25, -0.2) is 9.68 Å². The molecule has 0 aromatic heterocycles. The number of alkyl carbamates (subject to hydrolysis) is 1. The van der Waals surface area contributed by atoms with Crippen molar-refractivity contribution in [3.63, 3.8) is 0 Å². The van der Waals surface area contributed by atoms with Gasteiger partial charge in [-0.1, -0.05) is 26.7 Å². The van der Waals surface area contributed by atoms with Crippen LogP contribution >= 0.6 is 0 Å². The van der Waals surface area contributed by atoms with Gasteiger partial charge in [0.25, 0.3) is 0 Å². The molecule has 3 atom stereocenters. The number of carbonyl (C=O) groups excluding carboxylic acids is 1. The Morgan fingerprint density at radius 3 is 2.54 bits per heavy atom. The van der Waals surface area contributed by atoms with Crippen LogP contribution in [0.15, 0.2) is 0 Å². The van der Waals surface area contributed by atoms with E-state index in [2.05, 4.69) is 48.3 Å². The van der Waals surface area contributed by atoms with Gasteiger partial charge in [-0.15, -0.1) is 13.1 Å². The van der Waals surface area contributed by atoms with E-state index in [1.54, 1.807) is 0 Å². The minimum atomic E-state index is -0.802. The van der Waals surface area contributed by atoms with Crippen molar-refractivity contribution in [2.75, 3.05) is 86.3 Å². The molecule has 1 radical (unpaired) electrons. The van der Waals surface area contributed by atoms with E-state index < -0.39 is 11.7 Å². The van der Waals surface area contributed by atoms with Crippen LogP contribution in [-0.2, 0) is 47.1 Å². The number of rotatable bonds is 14. The van der Waals surface area contributed by atoms with E-state index in [-0.39, 0.29) is 50.8 Å². The minimum absolute atomic E-state index is 0. The van der Waals surface area contributed by atoms with Gasteiger partial charge in [0, 0.05) is 71.5 Å². The molecule has 2 rings (SSSR count).